The van der Waals surface area contributed by atoms with Gasteiger partial charge >= 0.3 is 0 Å². The molecule has 88 valence electrons. The van der Waals surface area contributed by atoms with Crippen LogP contribution in [0.5, 0.6) is 0 Å². The van der Waals surface area contributed by atoms with Gasteiger partial charge in [0.05, 0.1) is 11.6 Å². The van der Waals surface area contributed by atoms with E-state index in [1.165, 1.54) is 17.6 Å². The van der Waals surface area contributed by atoms with Crippen LogP contribution >= 0.6 is 0 Å². The van der Waals surface area contributed by atoms with Gasteiger partial charge in [0.15, 0.2) is 0 Å². The average Bonchev–Trinajstić information content (AvgIpc) is 2.78. The Bertz CT molecular complexity index is 560. The number of rotatable bonds is 0. The second-order valence-electron chi connectivity index (χ2n) is 5.01. The van der Waals surface area contributed by atoms with Crippen molar-refractivity contribution in [3.8, 4) is 0 Å². The summed E-state index contributed by atoms with van der Waals surface area (Å²) >= 11 is 0. The molecule has 1 aromatic carbocycles. The van der Waals surface area contributed by atoms with E-state index in [4.69, 9.17) is 5.10 Å². The van der Waals surface area contributed by atoms with Crippen molar-refractivity contribution in [2.75, 3.05) is 25.0 Å². The van der Waals surface area contributed by atoms with Crippen molar-refractivity contribution in [3.05, 3.63) is 24.3 Å². The molecule has 2 unspecified atom stereocenters. The lowest BCUT2D eigenvalue weighted by Crippen LogP contribution is -2.44. The van der Waals surface area contributed by atoms with Crippen LogP contribution in [-0.4, -0.2) is 29.4 Å². The minimum atomic E-state index is 0.569. The van der Waals surface area contributed by atoms with E-state index in [-0.39, 0.29) is 0 Å². The molecule has 1 saturated heterocycles. The molecule has 0 radical (unpaired) electrons. The zero-order valence-corrected chi connectivity index (χ0v) is 9.69. The highest BCUT2D eigenvalue weighted by Crippen LogP contribution is 2.36. The van der Waals surface area contributed by atoms with Gasteiger partial charge in [-0.25, -0.2) is 4.68 Å². The van der Waals surface area contributed by atoms with Gasteiger partial charge in [-0.3, -0.25) is 0 Å². The Kier molecular flexibility index (Phi) is 1.93. The van der Waals surface area contributed by atoms with Crippen molar-refractivity contribution in [1.29, 1.82) is 0 Å². The predicted molar refractivity (Wildman–Crippen MR) is 68.2 cm³/mol. The van der Waals surface area contributed by atoms with E-state index in [1.807, 2.05) is 0 Å². The summed E-state index contributed by atoms with van der Waals surface area (Å²) in [4.78, 5) is 0. The maximum Gasteiger partial charge on any atom is 0.132 e. The summed E-state index contributed by atoms with van der Waals surface area (Å²) in [5.41, 5.74) is 1.11. The zero-order valence-electron chi connectivity index (χ0n) is 9.69. The third-order valence-electron chi connectivity index (χ3n) is 4.02. The molecule has 0 saturated carbocycles. The Hall–Kier alpha value is -1.55. The van der Waals surface area contributed by atoms with Crippen LogP contribution in [0.1, 0.15) is 12.5 Å². The quantitative estimate of drug-likeness (QED) is 0.720. The van der Waals surface area contributed by atoms with Crippen LogP contribution < -0.4 is 10.6 Å². The highest BCUT2D eigenvalue weighted by molar-refractivity contribution is 5.90. The van der Waals surface area contributed by atoms with Gasteiger partial charge in [-0.2, -0.15) is 5.10 Å². The van der Waals surface area contributed by atoms with Gasteiger partial charge in [-0.05, 0) is 25.1 Å². The Morgan fingerprint density at radius 3 is 3.18 bits per heavy atom. The number of fused-ring (bicyclic) bond motifs is 5. The Balaban J connectivity index is 1.89. The fourth-order valence-electron chi connectivity index (χ4n) is 3.13. The van der Waals surface area contributed by atoms with E-state index in [1.54, 1.807) is 0 Å². The van der Waals surface area contributed by atoms with Crippen LogP contribution in [0, 0.1) is 5.92 Å². The topological polar surface area (TPSA) is 41.9 Å². The molecule has 3 heterocycles. The maximum atomic E-state index is 4.76. The second-order valence-corrected chi connectivity index (χ2v) is 5.01. The summed E-state index contributed by atoms with van der Waals surface area (Å²) in [5, 5.41) is 13.0. The van der Waals surface area contributed by atoms with Crippen molar-refractivity contribution >= 4 is 16.7 Å². The van der Waals surface area contributed by atoms with Gasteiger partial charge in [0.1, 0.15) is 5.82 Å². The molecule has 4 heteroatoms. The largest absolute Gasteiger partial charge is 0.369 e. The van der Waals surface area contributed by atoms with E-state index in [0.29, 0.717) is 12.0 Å². The molecule has 2 atom stereocenters. The lowest BCUT2D eigenvalue weighted by Gasteiger charge is -2.37. The van der Waals surface area contributed by atoms with E-state index >= 15 is 0 Å². The van der Waals surface area contributed by atoms with Crippen molar-refractivity contribution in [1.82, 2.24) is 15.1 Å². The minimum Gasteiger partial charge on any atom is -0.369 e. The lowest BCUT2D eigenvalue weighted by atomic mass is 9.92. The van der Waals surface area contributed by atoms with Gasteiger partial charge in [0.25, 0.3) is 0 Å². The third kappa shape index (κ3) is 1.30. The molecular weight excluding hydrogens is 212 g/mol. The van der Waals surface area contributed by atoms with E-state index in [2.05, 4.69) is 39.6 Å². The first-order valence-electron chi connectivity index (χ1n) is 6.35. The lowest BCUT2D eigenvalue weighted by molar-refractivity contribution is 0.239. The summed E-state index contributed by atoms with van der Waals surface area (Å²) in [6, 6.07) is 8.96. The van der Waals surface area contributed by atoms with Crippen LogP contribution in [0.2, 0.25) is 0 Å². The first kappa shape index (κ1) is 9.48. The molecule has 2 aliphatic rings. The predicted octanol–water partition coefficient (Wildman–Crippen LogP) is 1.61. The highest BCUT2D eigenvalue weighted by atomic mass is 15.4. The zero-order chi connectivity index (χ0) is 11.2. The minimum absolute atomic E-state index is 0.569. The van der Waals surface area contributed by atoms with E-state index in [9.17, 15) is 0 Å². The summed E-state index contributed by atoms with van der Waals surface area (Å²) in [6.45, 7) is 3.28. The molecule has 2 aliphatic heterocycles. The fourth-order valence-corrected chi connectivity index (χ4v) is 3.13. The third-order valence-corrected chi connectivity index (χ3v) is 4.02. The second kappa shape index (κ2) is 3.47. The van der Waals surface area contributed by atoms with Crippen molar-refractivity contribution < 1.29 is 0 Å². The van der Waals surface area contributed by atoms with Gasteiger partial charge in [-0.1, -0.05) is 12.1 Å². The van der Waals surface area contributed by atoms with Gasteiger partial charge in [-0.15, -0.1) is 0 Å². The molecule has 0 spiro atoms. The molecule has 1 fully saturated rings. The Morgan fingerprint density at radius 1 is 1.24 bits per heavy atom. The summed E-state index contributed by atoms with van der Waals surface area (Å²) in [5.74, 6) is 1.88. The first-order valence-corrected chi connectivity index (χ1v) is 6.35. The average molecular weight is 228 g/mol. The Labute approximate surface area is 100.0 Å². The first-order chi connectivity index (χ1) is 8.43. The molecule has 17 heavy (non-hydrogen) atoms. The van der Waals surface area contributed by atoms with Crippen molar-refractivity contribution in [2.45, 2.75) is 12.5 Å². The molecule has 0 aliphatic carbocycles. The van der Waals surface area contributed by atoms with Crippen molar-refractivity contribution in [3.63, 3.8) is 0 Å². The molecule has 0 amide bonds. The fraction of sp³-hybridized carbons (Fsp3) is 0.462. The number of piperidine rings is 1. The highest BCUT2D eigenvalue weighted by Gasteiger charge is 2.33. The Morgan fingerprint density at radius 2 is 2.18 bits per heavy atom. The van der Waals surface area contributed by atoms with E-state index in [0.717, 1.165) is 25.2 Å². The number of nitrogens with one attached hydrogen (secondary N) is 2. The molecule has 2 N–H and O–H groups in total. The van der Waals surface area contributed by atoms with Gasteiger partial charge < -0.3 is 10.6 Å². The molecule has 1 aromatic heterocycles. The molecule has 2 aromatic rings. The van der Waals surface area contributed by atoms with Gasteiger partial charge in [0.2, 0.25) is 0 Å². The number of hydrogen-bond donors (Lipinski definition) is 2. The molecule has 4 nitrogen and oxygen atoms in total. The van der Waals surface area contributed by atoms with Crippen LogP contribution in [0.4, 0.5) is 5.82 Å². The monoisotopic (exact) mass is 228 g/mol. The van der Waals surface area contributed by atoms with Crippen LogP contribution in [0.3, 0.4) is 0 Å². The van der Waals surface area contributed by atoms with Crippen LogP contribution in [-0.2, 0) is 0 Å². The number of hydrogen-bond acceptors (Lipinski definition) is 3. The van der Waals surface area contributed by atoms with E-state index < -0.39 is 0 Å². The van der Waals surface area contributed by atoms with Gasteiger partial charge in [0, 0.05) is 24.4 Å². The number of nitrogens with zero attached hydrogens (tertiary/aromatic N) is 2. The summed E-state index contributed by atoms with van der Waals surface area (Å²) < 4.78 is 2.22. The normalized spacial score (nSPS) is 27.3. The number of anilines is 1. The SMILES string of the molecule is c1ccc2c3n(nc2c1)C1CCNCC1CN3. The van der Waals surface area contributed by atoms with Crippen LogP contribution in [0.25, 0.3) is 10.9 Å². The molecule has 0 bridgehead atoms. The van der Waals surface area contributed by atoms with Crippen LogP contribution in [0.15, 0.2) is 24.3 Å². The van der Waals surface area contributed by atoms with Crippen molar-refractivity contribution in [2.24, 2.45) is 5.92 Å². The molecular formula is C13H16N4. The number of aromatic nitrogens is 2. The maximum absolute atomic E-state index is 4.76. The molecule has 4 rings (SSSR count). The smallest absolute Gasteiger partial charge is 0.132 e. The summed E-state index contributed by atoms with van der Waals surface area (Å²) in [7, 11) is 0. The summed E-state index contributed by atoms with van der Waals surface area (Å²) in [6.07, 6.45) is 1.19. The standard InChI is InChI=1S/C13H16N4/c1-2-4-11-10(3-1)13-15-8-9-7-14-6-5-12(9)17(13)16-11/h1-4,9,12,14-15H,5-8H2. The number of benzene rings is 1.